The average Bonchev–Trinajstić information content (AvgIpc) is 2.61. The number of carbonyl (C=O) groups is 1. The quantitative estimate of drug-likeness (QED) is 0.799. The van der Waals surface area contributed by atoms with E-state index in [2.05, 4.69) is 9.46 Å². The number of carbonyl (C=O) groups excluding carboxylic acids is 1. The molecule has 5 nitrogen and oxygen atoms in total. The molecule has 1 atom stereocenters. The Bertz CT molecular complexity index is 875. The van der Waals surface area contributed by atoms with E-state index in [0.717, 1.165) is 16.7 Å². The van der Waals surface area contributed by atoms with Crippen LogP contribution in [0.5, 0.6) is 0 Å². The van der Waals surface area contributed by atoms with Gasteiger partial charge in [0.05, 0.1) is 17.6 Å². The molecule has 0 unspecified atom stereocenters. The fraction of sp³-hybridized carbons (Fsp3) is 0.316. The largest absolute Gasteiger partial charge is 0.465 e. The maximum absolute atomic E-state index is 12.7. The third-order valence-corrected chi connectivity index (χ3v) is 5.67. The van der Waals surface area contributed by atoms with E-state index in [1.807, 2.05) is 39.0 Å². The third-order valence-electron chi connectivity index (χ3n) is 4.20. The van der Waals surface area contributed by atoms with Gasteiger partial charge in [0.15, 0.2) is 0 Å². The fourth-order valence-electron chi connectivity index (χ4n) is 2.53. The van der Waals surface area contributed by atoms with Crippen molar-refractivity contribution in [2.45, 2.75) is 38.1 Å². The molecule has 0 aliphatic heterocycles. The second-order valence-corrected chi connectivity index (χ2v) is 7.66. The van der Waals surface area contributed by atoms with E-state index in [-0.39, 0.29) is 16.5 Å². The zero-order chi connectivity index (χ0) is 18.6. The Labute approximate surface area is 149 Å². The number of benzene rings is 2. The van der Waals surface area contributed by atoms with E-state index >= 15 is 0 Å². The van der Waals surface area contributed by atoms with Gasteiger partial charge in [0, 0.05) is 6.04 Å². The van der Waals surface area contributed by atoms with Crippen LogP contribution >= 0.6 is 0 Å². The molecule has 134 valence electrons. The molecule has 1 N–H and O–H groups in total. The summed E-state index contributed by atoms with van der Waals surface area (Å²) in [6.45, 7) is 5.94. The zero-order valence-electron chi connectivity index (χ0n) is 14.9. The molecule has 0 saturated carbocycles. The first-order chi connectivity index (χ1) is 11.8. The molecule has 0 aromatic heterocycles. The summed E-state index contributed by atoms with van der Waals surface area (Å²) in [5, 5.41) is 0. The second kappa shape index (κ2) is 7.80. The molecule has 2 aromatic carbocycles. The normalized spacial score (nSPS) is 12.6. The molecule has 6 heteroatoms. The zero-order valence-corrected chi connectivity index (χ0v) is 15.7. The summed E-state index contributed by atoms with van der Waals surface area (Å²) in [6.07, 6.45) is 0.610. The molecule has 0 aliphatic carbocycles. The standard InChI is InChI=1S/C19H23NO4S/c1-5-18(15-10-9-13(2)14(3)11-15)20-25(22,23)17-8-6-7-16(12-17)19(21)24-4/h6-12,18,20H,5H2,1-4H3/t18-/m1/s1. The highest BCUT2D eigenvalue weighted by Gasteiger charge is 2.21. The van der Waals surface area contributed by atoms with Crippen molar-refractivity contribution in [3.8, 4) is 0 Å². The third kappa shape index (κ3) is 4.46. The second-order valence-electron chi connectivity index (χ2n) is 5.95. The van der Waals surface area contributed by atoms with Crippen molar-refractivity contribution in [1.82, 2.24) is 4.72 Å². The summed E-state index contributed by atoms with van der Waals surface area (Å²) in [5.41, 5.74) is 3.39. The first kappa shape index (κ1) is 19.1. The average molecular weight is 361 g/mol. The van der Waals surface area contributed by atoms with Gasteiger partial charge >= 0.3 is 5.97 Å². The van der Waals surface area contributed by atoms with Crippen molar-refractivity contribution in [3.63, 3.8) is 0 Å². The highest BCUT2D eigenvalue weighted by atomic mass is 32.2. The summed E-state index contributed by atoms with van der Waals surface area (Å²) in [5.74, 6) is -0.571. The lowest BCUT2D eigenvalue weighted by Gasteiger charge is -2.19. The Balaban J connectivity index is 2.32. The van der Waals surface area contributed by atoms with Crippen LogP contribution in [0.1, 0.15) is 46.4 Å². The minimum atomic E-state index is -3.76. The lowest BCUT2D eigenvalue weighted by molar-refractivity contribution is 0.0600. The van der Waals surface area contributed by atoms with Crippen LogP contribution in [-0.2, 0) is 14.8 Å². The van der Waals surface area contributed by atoms with Crippen LogP contribution in [0.15, 0.2) is 47.4 Å². The Morgan fingerprint density at radius 3 is 2.44 bits per heavy atom. The van der Waals surface area contributed by atoms with Crippen molar-refractivity contribution in [2.24, 2.45) is 0 Å². The van der Waals surface area contributed by atoms with E-state index in [1.165, 1.54) is 31.4 Å². The monoisotopic (exact) mass is 361 g/mol. The molecular formula is C19H23NO4S. The van der Waals surface area contributed by atoms with Gasteiger partial charge < -0.3 is 4.74 Å². The van der Waals surface area contributed by atoms with Crippen molar-refractivity contribution < 1.29 is 17.9 Å². The van der Waals surface area contributed by atoms with E-state index in [0.29, 0.717) is 6.42 Å². The summed E-state index contributed by atoms with van der Waals surface area (Å²) in [7, 11) is -2.51. The highest BCUT2D eigenvalue weighted by Crippen LogP contribution is 2.23. The van der Waals surface area contributed by atoms with Crippen molar-refractivity contribution in [3.05, 3.63) is 64.7 Å². The molecule has 2 rings (SSSR count). The first-order valence-electron chi connectivity index (χ1n) is 8.06. The molecule has 0 radical (unpaired) electrons. The number of hydrogen-bond donors (Lipinski definition) is 1. The van der Waals surface area contributed by atoms with E-state index in [4.69, 9.17) is 0 Å². The van der Waals surface area contributed by atoms with E-state index in [1.54, 1.807) is 0 Å². The number of hydrogen-bond acceptors (Lipinski definition) is 4. The molecule has 0 amide bonds. The number of rotatable bonds is 6. The Hall–Kier alpha value is -2.18. The van der Waals surface area contributed by atoms with Crippen LogP contribution in [0, 0.1) is 13.8 Å². The van der Waals surface area contributed by atoms with Gasteiger partial charge in [0.2, 0.25) is 10.0 Å². The summed E-state index contributed by atoms with van der Waals surface area (Å²) in [4.78, 5) is 11.7. The van der Waals surface area contributed by atoms with Gasteiger partial charge in [-0.05, 0) is 55.2 Å². The first-order valence-corrected chi connectivity index (χ1v) is 9.54. The van der Waals surface area contributed by atoms with Gasteiger partial charge in [0.25, 0.3) is 0 Å². The number of methoxy groups -OCH3 is 1. The molecule has 0 spiro atoms. The molecule has 0 saturated heterocycles. The van der Waals surface area contributed by atoms with Crippen LogP contribution in [0.4, 0.5) is 0 Å². The Kier molecular flexibility index (Phi) is 5.98. The number of ether oxygens (including phenoxy) is 1. The van der Waals surface area contributed by atoms with E-state index in [9.17, 15) is 13.2 Å². The number of aryl methyl sites for hydroxylation is 2. The number of sulfonamides is 1. The van der Waals surface area contributed by atoms with Crippen molar-refractivity contribution >= 4 is 16.0 Å². The topological polar surface area (TPSA) is 72.5 Å². The minimum absolute atomic E-state index is 0.0395. The lowest BCUT2D eigenvalue weighted by atomic mass is 10.0. The Morgan fingerprint density at radius 1 is 1.12 bits per heavy atom. The molecule has 0 fully saturated rings. The fourth-order valence-corrected chi connectivity index (χ4v) is 3.89. The van der Waals surface area contributed by atoms with Crippen molar-refractivity contribution in [1.29, 1.82) is 0 Å². The Morgan fingerprint density at radius 2 is 1.84 bits per heavy atom. The van der Waals surface area contributed by atoms with Crippen LogP contribution < -0.4 is 4.72 Å². The predicted octanol–water partition coefficient (Wildman–Crippen LogP) is 3.52. The molecule has 0 bridgehead atoms. The highest BCUT2D eigenvalue weighted by molar-refractivity contribution is 7.89. The summed E-state index contributed by atoms with van der Waals surface area (Å²) < 4.78 is 32.8. The molecule has 2 aromatic rings. The van der Waals surface area contributed by atoms with Gasteiger partial charge in [-0.15, -0.1) is 0 Å². The van der Waals surface area contributed by atoms with Gasteiger partial charge in [0.1, 0.15) is 0 Å². The summed E-state index contributed by atoms with van der Waals surface area (Å²) in [6, 6.07) is 11.4. The van der Waals surface area contributed by atoms with Gasteiger partial charge in [-0.2, -0.15) is 0 Å². The predicted molar refractivity (Wildman–Crippen MR) is 97.1 cm³/mol. The van der Waals surface area contributed by atoms with Crippen LogP contribution in [0.25, 0.3) is 0 Å². The van der Waals surface area contributed by atoms with Crippen molar-refractivity contribution in [2.75, 3.05) is 7.11 Å². The minimum Gasteiger partial charge on any atom is -0.465 e. The van der Waals surface area contributed by atoms with Gasteiger partial charge in [-0.3, -0.25) is 0 Å². The van der Waals surface area contributed by atoms with Gasteiger partial charge in [-0.1, -0.05) is 31.2 Å². The van der Waals surface area contributed by atoms with Crippen LogP contribution in [0.3, 0.4) is 0 Å². The molecule has 0 aliphatic rings. The maximum atomic E-state index is 12.7. The van der Waals surface area contributed by atoms with Gasteiger partial charge in [-0.25, -0.2) is 17.9 Å². The number of nitrogens with one attached hydrogen (secondary N) is 1. The SMILES string of the molecule is CC[C@@H](NS(=O)(=O)c1cccc(C(=O)OC)c1)c1ccc(C)c(C)c1. The van der Waals surface area contributed by atoms with E-state index < -0.39 is 16.0 Å². The molecular weight excluding hydrogens is 338 g/mol. The summed E-state index contributed by atoms with van der Waals surface area (Å²) >= 11 is 0. The van der Waals surface area contributed by atoms with Crippen LogP contribution in [-0.4, -0.2) is 21.5 Å². The lowest BCUT2D eigenvalue weighted by Crippen LogP contribution is -2.28. The smallest absolute Gasteiger partial charge is 0.337 e. The molecule has 0 heterocycles. The maximum Gasteiger partial charge on any atom is 0.337 e. The molecule has 25 heavy (non-hydrogen) atoms. The number of esters is 1. The van der Waals surface area contributed by atoms with Crippen LogP contribution in [0.2, 0.25) is 0 Å².